The first kappa shape index (κ1) is 14.1. The Kier molecular flexibility index (Phi) is 6.94. The summed E-state index contributed by atoms with van der Waals surface area (Å²) >= 11 is 1.70. The predicted octanol–water partition coefficient (Wildman–Crippen LogP) is 0.723. The van der Waals surface area contributed by atoms with E-state index in [1.807, 2.05) is 13.2 Å². The molecule has 0 fully saturated rings. The molecule has 0 aliphatic rings. The van der Waals surface area contributed by atoms with E-state index in [-0.39, 0.29) is 24.2 Å². The van der Waals surface area contributed by atoms with Gasteiger partial charge in [-0.25, -0.2) is 0 Å². The average Bonchev–Trinajstić information content (AvgIpc) is 2.24. The number of oxime groups is 1. The molecule has 0 saturated carbocycles. The number of nitrogens with zero attached hydrogens (tertiary/aromatic N) is 2. The highest BCUT2D eigenvalue weighted by molar-refractivity contribution is 7.98. The van der Waals surface area contributed by atoms with Gasteiger partial charge >= 0.3 is 0 Å². The number of nitrogens with two attached hydrogens (primary N) is 1. The molecule has 15 heavy (non-hydrogen) atoms. The Hall–Kier alpha value is -0.910. The van der Waals surface area contributed by atoms with Crippen LogP contribution in [0, 0.1) is 0 Å². The third-order valence-corrected chi connectivity index (χ3v) is 2.95. The van der Waals surface area contributed by atoms with Crippen molar-refractivity contribution in [3.63, 3.8) is 0 Å². The maximum Gasteiger partial charge on any atom is 0.230 e. The zero-order valence-electron chi connectivity index (χ0n) is 9.43. The Morgan fingerprint density at radius 1 is 1.67 bits per heavy atom. The third kappa shape index (κ3) is 4.92. The molecule has 6 heteroatoms. The molecule has 1 amide bonds. The molecule has 0 aliphatic carbocycles. The van der Waals surface area contributed by atoms with Gasteiger partial charge in [-0.2, -0.15) is 11.8 Å². The number of rotatable bonds is 6. The van der Waals surface area contributed by atoms with Gasteiger partial charge in [0.15, 0.2) is 0 Å². The summed E-state index contributed by atoms with van der Waals surface area (Å²) in [5.74, 6) is 0.728. The van der Waals surface area contributed by atoms with Gasteiger partial charge in [-0.05, 0) is 12.7 Å². The lowest BCUT2D eigenvalue weighted by atomic mass is 10.2. The van der Waals surface area contributed by atoms with Crippen molar-refractivity contribution in [3.05, 3.63) is 0 Å². The van der Waals surface area contributed by atoms with E-state index < -0.39 is 0 Å². The molecule has 88 valence electrons. The highest BCUT2D eigenvalue weighted by atomic mass is 32.2. The highest BCUT2D eigenvalue weighted by Gasteiger charge is 2.18. The van der Waals surface area contributed by atoms with Crippen molar-refractivity contribution < 1.29 is 10.0 Å². The van der Waals surface area contributed by atoms with Crippen molar-refractivity contribution in [3.8, 4) is 0 Å². The molecule has 0 spiro atoms. The van der Waals surface area contributed by atoms with Gasteiger partial charge < -0.3 is 15.8 Å². The van der Waals surface area contributed by atoms with E-state index in [4.69, 9.17) is 10.9 Å². The highest BCUT2D eigenvalue weighted by Crippen LogP contribution is 2.09. The molecule has 0 rings (SSSR count). The maximum atomic E-state index is 11.6. The second-order valence-corrected chi connectivity index (χ2v) is 4.20. The summed E-state index contributed by atoms with van der Waals surface area (Å²) in [6.07, 6.45) is 2.88. The number of hydrogen-bond acceptors (Lipinski definition) is 4. The van der Waals surface area contributed by atoms with Crippen LogP contribution in [0.2, 0.25) is 0 Å². The second kappa shape index (κ2) is 7.39. The van der Waals surface area contributed by atoms with Crippen molar-refractivity contribution in [1.82, 2.24) is 4.90 Å². The predicted molar refractivity (Wildman–Crippen MR) is 63.3 cm³/mol. The summed E-state index contributed by atoms with van der Waals surface area (Å²) in [4.78, 5) is 13.3. The van der Waals surface area contributed by atoms with E-state index in [1.54, 1.807) is 23.7 Å². The SMILES string of the molecule is CCC(CSC)N(C)C(=O)CC(N)=NO. The number of amides is 1. The minimum Gasteiger partial charge on any atom is -0.409 e. The van der Waals surface area contributed by atoms with E-state index in [2.05, 4.69) is 5.16 Å². The van der Waals surface area contributed by atoms with Gasteiger partial charge in [0.1, 0.15) is 5.84 Å². The first-order valence-corrected chi connectivity index (χ1v) is 6.17. The fourth-order valence-corrected chi connectivity index (χ4v) is 2.06. The summed E-state index contributed by atoms with van der Waals surface area (Å²) in [6.45, 7) is 2.04. The molecule has 0 aliphatic heterocycles. The molecule has 1 unspecified atom stereocenters. The van der Waals surface area contributed by atoms with Gasteiger partial charge in [0, 0.05) is 18.8 Å². The van der Waals surface area contributed by atoms with Gasteiger partial charge in [0.25, 0.3) is 0 Å². The molecular formula is C9H19N3O2S. The van der Waals surface area contributed by atoms with Crippen LogP contribution in [0.1, 0.15) is 19.8 Å². The zero-order valence-corrected chi connectivity index (χ0v) is 10.3. The molecule has 0 radical (unpaired) electrons. The third-order valence-electron chi connectivity index (χ3n) is 2.23. The van der Waals surface area contributed by atoms with E-state index in [0.717, 1.165) is 12.2 Å². The molecule has 0 saturated heterocycles. The monoisotopic (exact) mass is 233 g/mol. The van der Waals surface area contributed by atoms with Crippen LogP contribution < -0.4 is 5.73 Å². The van der Waals surface area contributed by atoms with E-state index in [0.29, 0.717) is 0 Å². The Balaban J connectivity index is 4.27. The number of thioether (sulfide) groups is 1. The van der Waals surface area contributed by atoms with E-state index >= 15 is 0 Å². The first-order valence-electron chi connectivity index (χ1n) is 4.77. The first-order chi connectivity index (χ1) is 7.06. The molecule has 0 bridgehead atoms. The van der Waals surface area contributed by atoms with E-state index in [9.17, 15) is 4.79 Å². The molecular weight excluding hydrogens is 214 g/mol. The molecule has 0 aromatic heterocycles. The quantitative estimate of drug-likeness (QED) is 0.307. The maximum absolute atomic E-state index is 11.6. The number of amidine groups is 1. The lowest BCUT2D eigenvalue weighted by Gasteiger charge is -2.26. The van der Waals surface area contributed by atoms with Crippen LogP contribution in [-0.4, -0.2) is 46.9 Å². The van der Waals surface area contributed by atoms with Crippen LogP contribution in [0.25, 0.3) is 0 Å². The lowest BCUT2D eigenvalue weighted by molar-refractivity contribution is -0.130. The van der Waals surface area contributed by atoms with Crippen LogP contribution in [0.4, 0.5) is 0 Å². The number of carbonyl (C=O) groups is 1. The van der Waals surface area contributed by atoms with Gasteiger partial charge in [-0.1, -0.05) is 12.1 Å². The normalized spacial score (nSPS) is 13.7. The summed E-state index contributed by atoms with van der Waals surface area (Å²) in [5.41, 5.74) is 5.27. The minimum atomic E-state index is -0.119. The summed E-state index contributed by atoms with van der Waals surface area (Å²) < 4.78 is 0. The summed E-state index contributed by atoms with van der Waals surface area (Å²) in [5, 5.41) is 11.1. The van der Waals surface area contributed by atoms with Crippen LogP contribution in [-0.2, 0) is 4.79 Å². The zero-order chi connectivity index (χ0) is 11.8. The Labute approximate surface area is 94.7 Å². The van der Waals surface area contributed by atoms with Gasteiger partial charge in [0.2, 0.25) is 5.91 Å². The molecule has 0 heterocycles. The number of hydrogen-bond donors (Lipinski definition) is 2. The Morgan fingerprint density at radius 3 is 2.67 bits per heavy atom. The van der Waals surface area contributed by atoms with E-state index in [1.165, 1.54) is 0 Å². The van der Waals surface area contributed by atoms with Crippen LogP contribution in [0.5, 0.6) is 0 Å². The van der Waals surface area contributed by atoms with Crippen molar-refractivity contribution in [2.24, 2.45) is 10.9 Å². The second-order valence-electron chi connectivity index (χ2n) is 3.29. The van der Waals surface area contributed by atoms with Gasteiger partial charge in [-0.3, -0.25) is 4.79 Å². The smallest absolute Gasteiger partial charge is 0.230 e. The molecule has 0 aromatic carbocycles. The fraction of sp³-hybridized carbons (Fsp3) is 0.778. The largest absolute Gasteiger partial charge is 0.409 e. The summed E-state index contributed by atoms with van der Waals surface area (Å²) in [7, 11) is 1.75. The topological polar surface area (TPSA) is 78.9 Å². The summed E-state index contributed by atoms with van der Waals surface area (Å²) in [6, 6.07) is 0.207. The van der Waals surface area contributed by atoms with Crippen LogP contribution in [0.3, 0.4) is 0 Å². The minimum absolute atomic E-state index is 0.0299. The standard InChI is InChI=1S/C9H19N3O2S/c1-4-7(6-15-3)12(2)9(13)5-8(10)11-14/h7,14H,4-6H2,1-3H3,(H2,10,11). The van der Waals surface area contributed by atoms with Crippen LogP contribution in [0.15, 0.2) is 5.16 Å². The molecule has 5 nitrogen and oxygen atoms in total. The number of carbonyl (C=O) groups excluding carboxylic acids is 1. The van der Waals surface area contributed by atoms with Crippen molar-refractivity contribution >= 4 is 23.5 Å². The molecule has 1 atom stereocenters. The Bertz CT molecular complexity index is 233. The lowest BCUT2D eigenvalue weighted by Crippen LogP contribution is -2.40. The van der Waals surface area contributed by atoms with Gasteiger partial charge in [-0.15, -0.1) is 0 Å². The fourth-order valence-electron chi connectivity index (χ4n) is 1.21. The molecule has 3 N–H and O–H groups in total. The van der Waals surface area contributed by atoms with Crippen molar-refractivity contribution in [2.75, 3.05) is 19.1 Å². The van der Waals surface area contributed by atoms with Crippen molar-refractivity contribution in [1.29, 1.82) is 0 Å². The van der Waals surface area contributed by atoms with Crippen LogP contribution >= 0.6 is 11.8 Å². The van der Waals surface area contributed by atoms with Gasteiger partial charge in [0.05, 0.1) is 6.42 Å². The Morgan fingerprint density at radius 2 is 2.27 bits per heavy atom. The average molecular weight is 233 g/mol. The molecule has 0 aromatic rings. The van der Waals surface area contributed by atoms with Crippen molar-refractivity contribution in [2.45, 2.75) is 25.8 Å².